The van der Waals surface area contributed by atoms with E-state index in [4.69, 9.17) is 5.73 Å². The highest BCUT2D eigenvalue weighted by atomic mass is 32.2. The Morgan fingerprint density at radius 1 is 0.969 bits per heavy atom. The van der Waals surface area contributed by atoms with Crippen molar-refractivity contribution in [2.24, 2.45) is 15.2 Å². The first-order valence-corrected chi connectivity index (χ1v) is 11.4. The minimum atomic E-state index is -4.79. The molecule has 4 N–H and O–H groups in total. The van der Waals surface area contributed by atoms with Gasteiger partial charge in [-0.2, -0.15) is 16.8 Å². The summed E-state index contributed by atoms with van der Waals surface area (Å²) in [5.41, 5.74) is 5.26. The Morgan fingerprint density at radius 3 is 2.25 bits per heavy atom. The number of nitrogen functional groups attached to an aromatic ring is 1. The van der Waals surface area contributed by atoms with E-state index in [2.05, 4.69) is 15.2 Å². The summed E-state index contributed by atoms with van der Waals surface area (Å²) in [5, 5.41) is 31.2. The lowest BCUT2D eigenvalue weighted by Gasteiger charge is -2.15. The van der Waals surface area contributed by atoms with Crippen molar-refractivity contribution in [2.75, 3.05) is 5.73 Å². The number of aliphatic imine (C=N–C) groups is 1. The molecule has 0 fully saturated rings. The number of azo groups is 1. The zero-order chi connectivity index (χ0) is 23.8. The second-order valence-electron chi connectivity index (χ2n) is 6.46. The topological polar surface area (TPSA) is 218 Å². The lowest BCUT2D eigenvalue weighted by molar-refractivity contribution is -0.266. The Morgan fingerprint density at radius 2 is 1.66 bits per heavy atom. The van der Waals surface area contributed by atoms with Gasteiger partial charge in [-0.15, -0.1) is 10.2 Å². The van der Waals surface area contributed by atoms with Gasteiger partial charge < -0.3 is 15.9 Å². The van der Waals surface area contributed by atoms with Gasteiger partial charge in [-0.3, -0.25) is 14.1 Å². The molecule has 0 aromatic heterocycles. The lowest BCUT2D eigenvalue weighted by atomic mass is 10.1. The second-order valence-corrected chi connectivity index (χ2v) is 9.27. The predicted octanol–water partition coefficient (Wildman–Crippen LogP) is 1.81. The molecule has 0 amide bonds. The van der Waals surface area contributed by atoms with Crippen LogP contribution in [-0.2, 0) is 20.2 Å². The number of nitrogens with zero attached hydrogens (tertiary/aromatic N) is 3. The van der Waals surface area contributed by atoms with Crippen LogP contribution in [0.15, 0.2) is 67.5 Å². The van der Waals surface area contributed by atoms with Crippen LogP contribution in [0.4, 0.5) is 22.7 Å². The molecule has 0 bridgehead atoms. The highest BCUT2D eigenvalue weighted by Crippen LogP contribution is 2.40. The SMILES string of the molecule is CC([O-])=Nc1ccc(N=Nc2c(N)ccc3cc(S(=O)(=O)O)cc([O-])c23)c(S(=O)(=O)O)c1. The quantitative estimate of drug-likeness (QED) is 0.160. The van der Waals surface area contributed by atoms with Gasteiger partial charge >= 0.3 is 0 Å². The van der Waals surface area contributed by atoms with Gasteiger partial charge in [-0.25, -0.2) is 0 Å². The number of benzene rings is 3. The fraction of sp³-hybridized carbons (Fsp3) is 0.0556. The van der Waals surface area contributed by atoms with Crippen LogP contribution in [0.3, 0.4) is 0 Å². The second kappa shape index (κ2) is 8.16. The summed E-state index contributed by atoms with van der Waals surface area (Å²) in [6, 6.07) is 7.65. The average Bonchev–Trinajstić information content (AvgIpc) is 2.66. The molecule has 0 aliphatic rings. The Labute approximate surface area is 181 Å². The third kappa shape index (κ3) is 4.83. The van der Waals surface area contributed by atoms with E-state index in [9.17, 15) is 36.2 Å². The zero-order valence-corrected chi connectivity index (χ0v) is 17.8. The Kier molecular flexibility index (Phi) is 5.88. The molecule has 0 spiro atoms. The van der Waals surface area contributed by atoms with Crippen molar-refractivity contribution in [3.8, 4) is 5.75 Å². The van der Waals surface area contributed by atoms with Gasteiger partial charge in [0.05, 0.1) is 16.3 Å². The fourth-order valence-electron chi connectivity index (χ4n) is 2.80. The number of rotatable bonds is 5. The van der Waals surface area contributed by atoms with Crippen LogP contribution in [0.2, 0.25) is 0 Å². The maximum Gasteiger partial charge on any atom is 0.296 e. The molecular weight excluding hydrogens is 464 g/mol. The van der Waals surface area contributed by atoms with Gasteiger partial charge in [0, 0.05) is 5.39 Å². The van der Waals surface area contributed by atoms with Gasteiger partial charge in [0.1, 0.15) is 16.3 Å². The van der Waals surface area contributed by atoms with E-state index in [0.717, 1.165) is 25.1 Å². The molecule has 3 aromatic rings. The number of anilines is 1. The molecular formula is C18H14N4O8S2-2. The van der Waals surface area contributed by atoms with Crippen LogP contribution in [0, 0.1) is 0 Å². The molecule has 3 aromatic carbocycles. The summed E-state index contributed by atoms with van der Waals surface area (Å²) in [6.45, 7) is 1.15. The van der Waals surface area contributed by atoms with E-state index in [-0.39, 0.29) is 33.5 Å². The van der Waals surface area contributed by atoms with E-state index < -0.39 is 41.7 Å². The van der Waals surface area contributed by atoms with E-state index in [1.165, 1.54) is 18.2 Å². The van der Waals surface area contributed by atoms with Crippen molar-refractivity contribution in [3.63, 3.8) is 0 Å². The summed E-state index contributed by atoms with van der Waals surface area (Å²) in [7, 11) is -9.43. The van der Waals surface area contributed by atoms with Crippen molar-refractivity contribution >= 4 is 59.7 Å². The highest BCUT2D eigenvalue weighted by Gasteiger charge is 2.17. The molecule has 14 heteroatoms. The normalized spacial score (nSPS) is 13.2. The van der Waals surface area contributed by atoms with Crippen LogP contribution < -0.4 is 15.9 Å². The maximum atomic E-state index is 12.5. The van der Waals surface area contributed by atoms with Gasteiger partial charge in [-0.05, 0) is 54.6 Å². The molecule has 3 rings (SSSR count). The van der Waals surface area contributed by atoms with Crippen molar-refractivity contribution in [2.45, 2.75) is 16.7 Å². The van der Waals surface area contributed by atoms with Crippen LogP contribution >= 0.6 is 0 Å². The molecule has 0 saturated heterocycles. The lowest BCUT2D eigenvalue weighted by Crippen LogP contribution is -2.11. The summed E-state index contributed by atoms with van der Waals surface area (Å²) in [5.74, 6) is -1.43. The third-order valence-corrected chi connectivity index (χ3v) is 5.84. The molecule has 0 aliphatic heterocycles. The van der Waals surface area contributed by atoms with Crippen LogP contribution in [-0.4, -0.2) is 31.8 Å². The monoisotopic (exact) mass is 478 g/mol. The number of fused-ring (bicyclic) bond motifs is 1. The van der Waals surface area contributed by atoms with Crippen LogP contribution in [0.1, 0.15) is 6.92 Å². The molecule has 0 aliphatic carbocycles. The smallest absolute Gasteiger partial charge is 0.296 e. The van der Waals surface area contributed by atoms with Crippen molar-refractivity contribution in [3.05, 3.63) is 42.5 Å². The molecule has 0 unspecified atom stereocenters. The van der Waals surface area contributed by atoms with Crippen LogP contribution in [0.25, 0.3) is 10.8 Å². The van der Waals surface area contributed by atoms with Gasteiger partial charge in [0.15, 0.2) is 0 Å². The zero-order valence-electron chi connectivity index (χ0n) is 16.1. The Hall–Kier alpha value is -3.59. The van der Waals surface area contributed by atoms with E-state index in [1.807, 2.05) is 0 Å². The first-order chi connectivity index (χ1) is 14.8. The number of hydrogen-bond donors (Lipinski definition) is 3. The van der Waals surface area contributed by atoms with Gasteiger partial charge in [0.2, 0.25) is 0 Å². The van der Waals surface area contributed by atoms with E-state index >= 15 is 0 Å². The molecule has 0 heterocycles. The predicted molar refractivity (Wildman–Crippen MR) is 111 cm³/mol. The van der Waals surface area contributed by atoms with Crippen molar-refractivity contribution in [1.29, 1.82) is 0 Å². The molecule has 12 nitrogen and oxygen atoms in total. The Balaban J connectivity index is 2.21. The Bertz CT molecular complexity index is 1510. The van der Waals surface area contributed by atoms with E-state index in [0.29, 0.717) is 6.07 Å². The maximum absolute atomic E-state index is 12.5. The minimum Gasteiger partial charge on any atom is -0.872 e. The highest BCUT2D eigenvalue weighted by molar-refractivity contribution is 7.86. The van der Waals surface area contributed by atoms with Crippen molar-refractivity contribution in [1.82, 2.24) is 0 Å². The average molecular weight is 478 g/mol. The number of nitrogens with two attached hydrogens (primary N) is 1. The summed E-state index contributed by atoms with van der Waals surface area (Å²) < 4.78 is 64.9. The molecule has 168 valence electrons. The molecule has 0 saturated carbocycles. The molecule has 0 radical (unpaired) electrons. The first-order valence-electron chi connectivity index (χ1n) is 8.53. The van der Waals surface area contributed by atoms with Crippen molar-refractivity contribution < 1.29 is 36.2 Å². The summed E-state index contributed by atoms with van der Waals surface area (Å²) >= 11 is 0. The van der Waals surface area contributed by atoms with Gasteiger partial charge in [0.25, 0.3) is 20.2 Å². The standard InChI is InChI=1S/C18H16N4O8S2/c1-9(23)20-11-3-5-14(16(7-11)32(28,29)30)21-22-18-13(19)4-2-10-6-12(31(25,26)27)8-15(24)17(10)18/h2-8,24H,19H2,1H3,(H,20,23)(H,25,26,27)(H,28,29,30)/p-2. The first kappa shape index (κ1) is 23.1. The van der Waals surface area contributed by atoms with Crippen LogP contribution in [0.5, 0.6) is 5.75 Å². The number of hydrogen-bond acceptors (Lipinski definition) is 10. The van der Waals surface area contributed by atoms with Gasteiger partial charge in [-0.1, -0.05) is 11.8 Å². The molecule has 32 heavy (non-hydrogen) atoms. The largest absolute Gasteiger partial charge is 0.872 e. The fourth-order valence-corrected chi connectivity index (χ4v) is 3.98. The summed E-state index contributed by atoms with van der Waals surface area (Å²) in [4.78, 5) is 2.25. The minimum absolute atomic E-state index is 0.0328. The van der Waals surface area contributed by atoms with E-state index in [1.54, 1.807) is 0 Å². The third-order valence-electron chi connectivity index (χ3n) is 4.12. The summed E-state index contributed by atoms with van der Waals surface area (Å²) in [6.07, 6.45) is 0. The molecule has 0 atom stereocenters.